The van der Waals surface area contributed by atoms with Crippen LogP contribution in [0.25, 0.3) is 0 Å². The number of amides is 2. The molecular weight excluding hydrogens is 332 g/mol. The molecule has 0 saturated carbocycles. The molecule has 1 fully saturated rings. The molecule has 1 aliphatic rings. The second-order valence-electron chi connectivity index (χ2n) is 6.67. The first-order valence-electron chi connectivity index (χ1n) is 8.45. The summed E-state index contributed by atoms with van der Waals surface area (Å²) in [5.41, 5.74) is 0.690. The Hall–Kier alpha value is -2.93. The first-order chi connectivity index (χ1) is 12.4. The SMILES string of the molecule is CN1CC(NC(=O)c2c[nH]c(=O)c(C(=O)N(C)Cc3ccccc3)c2)C1. The summed E-state index contributed by atoms with van der Waals surface area (Å²) in [5.74, 6) is -0.716. The number of aromatic nitrogens is 1. The third-order valence-electron chi connectivity index (χ3n) is 4.40. The fourth-order valence-electron chi connectivity index (χ4n) is 2.97. The van der Waals surface area contributed by atoms with E-state index in [9.17, 15) is 14.4 Å². The monoisotopic (exact) mass is 354 g/mol. The third-order valence-corrected chi connectivity index (χ3v) is 4.40. The predicted octanol–water partition coefficient (Wildman–Crippen LogP) is 0.691. The van der Waals surface area contributed by atoms with Gasteiger partial charge in [0.25, 0.3) is 17.4 Å². The molecule has 0 bridgehead atoms. The Balaban J connectivity index is 1.73. The highest BCUT2D eigenvalue weighted by molar-refractivity contribution is 5.99. The fourth-order valence-corrected chi connectivity index (χ4v) is 2.97. The molecule has 3 rings (SSSR count). The second-order valence-corrected chi connectivity index (χ2v) is 6.67. The Morgan fingerprint density at radius 1 is 1.27 bits per heavy atom. The molecule has 2 amide bonds. The van der Waals surface area contributed by atoms with Crippen molar-refractivity contribution < 1.29 is 9.59 Å². The molecule has 2 aromatic rings. The van der Waals surface area contributed by atoms with Crippen LogP contribution in [-0.4, -0.2) is 59.8 Å². The minimum Gasteiger partial charge on any atom is -0.347 e. The standard InChI is InChI=1S/C19H22N4O3/c1-22-11-15(12-22)21-17(24)14-8-16(18(25)20-9-14)19(26)23(2)10-13-6-4-3-5-7-13/h3-9,15H,10-12H2,1-2H3,(H,20,25)(H,21,24). The van der Waals surface area contributed by atoms with Gasteiger partial charge in [-0.05, 0) is 18.7 Å². The van der Waals surface area contributed by atoms with Gasteiger partial charge < -0.3 is 20.1 Å². The molecule has 26 heavy (non-hydrogen) atoms. The summed E-state index contributed by atoms with van der Waals surface area (Å²) in [6.45, 7) is 1.96. The number of nitrogens with one attached hydrogen (secondary N) is 2. The highest BCUT2D eigenvalue weighted by Gasteiger charge is 2.26. The van der Waals surface area contributed by atoms with Crippen molar-refractivity contribution in [2.24, 2.45) is 0 Å². The average molecular weight is 354 g/mol. The van der Waals surface area contributed by atoms with E-state index in [1.165, 1.54) is 17.2 Å². The van der Waals surface area contributed by atoms with E-state index < -0.39 is 11.5 Å². The number of H-pyrrole nitrogens is 1. The lowest BCUT2D eigenvalue weighted by molar-refractivity contribution is 0.0783. The van der Waals surface area contributed by atoms with Crippen LogP contribution in [0.3, 0.4) is 0 Å². The molecule has 1 aliphatic heterocycles. The highest BCUT2D eigenvalue weighted by Crippen LogP contribution is 2.09. The molecule has 0 unspecified atom stereocenters. The largest absolute Gasteiger partial charge is 0.347 e. The molecule has 1 aromatic carbocycles. The molecule has 2 heterocycles. The maximum absolute atomic E-state index is 12.6. The number of aromatic amines is 1. The second kappa shape index (κ2) is 7.53. The molecule has 0 radical (unpaired) electrons. The van der Waals surface area contributed by atoms with Gasteiger partial charge in [0.05, 0.1) is 11.6 Å². The first kappa shape index (κ1) is 17.9. The van der Waals surface area contributed by atoms with Crippen LogP contribution >= 0.6 is 0 Å². The molecule has 0 atom stereocenters. The van der Waals surface area contributed by atoms with Crippen LogP contribution in [-0.2, 0) is 6.54 Å². The van der Waals surface area contributed by atoms with Crippen LogP contribution < -0.4 is 10.9 Å². The Morgan fingerprint density at radius 2 is 1.96 bits per heavy atom. The molecule has 7 nitrogen and oxygen atoms in total. The van der Waals surface area contributed by atoms with Crippen LogP contribution in [0.15, 0.2) is 47.4 Å². The van der Waals surface area contributed by atoms with E-state index in [0.717, 1.165) is 18.7 Å². The number of nitrogens with zero attached hydrogens (tertiary/aromatic N) is 2. The van der Waals surface area contributed by atoms with Crippen molar-refractivity contribution in [2.45, 2.75) is 12.6 Å². The highest BCUT2D eigenvalue weighted by atomic mass is 16.2. The number of likely N-dealkylation sites (tertiary alicyclic amines) is 1. The summed E-state index contributed by atoms with van der Waals surface area (Å²) >= 11 is 0. The quantitative estimate of drug-likeness (QED) is 0.827. The number of carbonyl (C=O) groups is 2. The van der Waals surface area contributed by atoms with Gasteiger partial charge in [-0.2, -0.15) is 0 Å². The normalized spacial score (nSPS) is 14.5. The predicted molar refractivity (Wildman–Crippen MR) is 98.1 cm³/mol. The Bertz CT molecular complexity index is 857. The number of pyridine rings is 1. The third kappa shape index (κ3) is 4.00. The Kier molecular flexibility index (Phi) is 5.18. The molecule has 1 aromatic heterocycles. The summed E-state index contributed by atoms with van der Waals surface area (Å²) in [6.07, 6.45) is 1.34. The fraction of sp³-hybridized carbons (Fsp3) is 0.316. The minimum absolute atomic E-state index is 0.0400. The van der Waals surface area contributed by atoms with Crippen LogP contribution in [0.5, 0.6) is 0 Å². The van der Waals surface area contributed by atoms with Crippen LogP contribution in [0, 0.1) is 0 Å². The lowest BCUT2D eigenvalue weighted by Gasteiger charge is -2.36. The van der Waals surface area contributed by atoms with E-state index >= 15 is 0 Å². The molecule has 0 spiro atoms. The average Bonchev–Trinajstić information content (AvgIpc) is 2.61. The van der Waals surface area contributed by atoms with Gasteiger partial charge in [0, 0.05) is 32.9 Å². The maximum Gasteiger partial charge on any atom is 0.260 e. The number of benzene rings is 1. The molecule has 136 valence electrons. The molecular formula is C19H22N4O3. The van der Waals surface area contributed by atoms with Crippen molar-refractivity contribution in [3.63, 3.8) is 0 Å². The van der Waals surface area contributed by atoms with E-state index in [1.54, 1.807) is 7.05 Å². The van der Waals surface area contributed by atoms with E-state index in [1.807, 2.05) is 37.4 Å². The van der Waals surface area contributed by atoms with E-state index in [-0.39, 0.29) is 23.1 Å². The van der Waals surface area contributed by atoms with Gasteiger partial charge >= 0.3 is 0 Å². The van der Waals surface area contributed by atoms with Crippen LogP contribution in [0.4, 0.5) is 0 Å². The smallest absolute Gasteiger partial charge is 0.260 e. The van der Waals surface area contributed by atoms with Crippen molar-refractivity contribution in [1.82, 2.24) is 20.1 Å². The summed E-state index contributed by atoms with van der Waals surface area (Å²) in [7, 11) is 3.60. The molecule has 2 N–H and O–H groups in total. The zero-order valence-electron chi connectivity index (χ0n) is 14.9. The minimum atomic E-state index is -0.505. The van der Waals surface area contributed by atoms with Gasteiger partial charge in [0.15, 0.2) is 0 Å². The first-order valence-corrected chi connectivity index (χ1v) is 8.45. The van der Waals surface area contributed by atoms with Gasteiger partial charge in [-0.25, -0.2) is 0 Å². The Morgan fingerprint density at radius 3 is 2.62 bits per heavy atom. The number of rotatable bonds is 5. The lowest BCUT2D eigenvalue weighted by atomic mass is 10.1. The van der Waals surface area contributed by atoms with Crippen molar-refractivity contribution in [3.05, 3.63) is 69.6 Å². The van der Waals surface area contributed by atoms with Crippen LogP contribution in [0.2, 0.25) is 0 Å². The van der Waals surface area contributed by atoms with Gasteiger partial charge in [0.2, 0.25) is 0 Å². The number of likely N-dealkylation sites (N-methyl/N-ethyl adjacent to an activating group) is 1. The summed E-state index contributed by atoms with van der Waals surface area (Å²) in [6, 6.07) is 11.0. The number of carbonyl (C=O) groups excluding carboxylic acids is 2. The van der Waals surface area contributed by atoms with Crippen molar-refractivity contribution in [1.29, 1.82) is 0 Å². The zero-order chi connectivity index (χ0) is 18.7. The van der Waals surface area contributed by atoms with E-state index in [0.29, 0.717) is 6.54 Å². The molecule has 1 saturated heterocycles. The van der Waals surface area contributed by atoms with Crippen molar-refractivity contribution in [2.75, 3.05) is 27.2 Å². The lowest BCUT2D eigenvalue weighted by Crippen LogP contribution is -2.57. The number of hydrogen-bond donors (Lipinski definition) is 2. The maximum atomic E-state index is 12.6. The van der Waals surface area contributed by atoms with Gasteiger partial charge in [-0.3, -0.25) is 14.4 Å². The summed E-state index contributed by atoms with van der Waals surface area (Å²) in [5, 5.41) is 2.89. The summed E-state index contributed by atoms with van der Waals surface area (Å²) < 4.78 is 0. The Labute approximate surface area is 151 Å². The topological polar surface area (TPSA) is 85.5 Å². The number of hydrogen-bond acceptors (Lipinski definition) is 4. The van der Waals surface area contributed by atoms with Crippen molar-refractivity contribution >= 4 is 11.8 Å². The van der Waals surface area contributed by atoms with Gasteiger partial charge in [0.1, 0.15) is 5.56 Å². The van der Waals surface area contributed by atoms with Gasteiger partial charge in [-0.1, -0.05) is 30.3 Å². The zero-order valence-corrected chi connectivity index (χ0v) is 14.9. The molecule has 0 aliphatic carbocycles. The van der Waals surface area contributed by atoms with Crippen LogP contribution in [0.1, 0.15) is 26.3 Å². The summed E-state index contributed by atoms with van der Waals surface area (Å²) in [4.78, 5) is 43.1. The molecule has 7 heteroatoms. The van der Waals surface area contributed by atoms with E-state index in [2.05, 4.69) is 15.2 Å². The van der Waals surface area contributed by atoms with E-state index in [4.69, 9.17) is 0 Å². The van der Waals surface area contributed by atoms with Gasteiger partial charge in [-0.15, -0.1) is 0 Å². The van der Waals surface area contributed by atoms with Crippen molar-refractivity contribution in [3.8, 4) is 0 Å².